The van der Waals surface area contributed by atoms with Crippen molar-refractivity contribution in [1.29, 1.82) is 0 Å². The average molecular weight is 171 g/mol. The second kappa shape index (κ2) is 2.98. The van der Waals surface area contributed by atoms with Gasteiger partial charge in [-0.15, -0.1) is 0 Å². The minimum absolute atomic E-state index is 0.380. The van der Waals surface area contributed by atoms with E-state index in [1.807, 2.05) is 0 Å². The molecule has 0 bridgehead atoms. The first kappa shape index (κ1) is 8.48. The lowest BCUT2D eigenvalue weighted by atomic mass is 9.85. The molecule has 2 N–H and O–H groups in total. The van der Waals surface area contributed by atoms with Crippen LogP contribution in [-0.4, -0.2) is 19.3 Å². The van der Waals surface area contributed by atoms with Crippen LogP contribution in [0.3, 0.4) is 0 Å². The molecule has 1 heterocycles. The second-order valence-electron chi connectivity index (χ2n) is 4.14. The highest BCUT2D eigenvalue weighted by molar-refractivity contribution is 5.01. The molecule has 1 aliphatic carbocycles. The van der Waals surface area contributed by atoms with E-state index in [4.69, 9.17) is 15.5 Å². The van der Waals surface area contributed by atoms with Gasteiger partial charge in [0, 0.05) is 12.0 Å². The molecule has 0 aromatic rings. The van der Waals surface area contributed by atoms with Gasteiger partial charge in [-0.25, -0.2) is 5.90 Å². The van der Waals surface area contributed by atoms with Crippen LogP contribution in [0.15, 0.2) is 0 Å². The molecule has 0 spiro atoms. The van der Waals surface area contributed by atoms with Crippen molar-refractivity contribution in [3.05, 3.63) is 0 Å². The Morgan fingerprint density at radius 2 is 2.33 bits per heavy atom. The van der Waals surface area contributed by atoms with Gasteiger partial charge in [-0.1, -0.05) is 0 Å². The fraction of sp³-hybridized carbons (Fsp3) is 1.00. The molecule has 70 valence electrons. The molecule has 2 unspecified atom stereocenters. The predicted octanol–water partition coefficient (Wildman–Crippen LogP) is 1.08. The maximum absolute atomic E-state index is 5.54. The number of nitrogens with two attached hydrogens (primary N) is 1. The third-order valence-corrected chi connectivity index (χ3v) is 3.43. The standard InChI is InChI=1S/C9H17NO2/c1-7-8(2-5-11-7)9(3-4-9)6-12-10/h7-8H,2-6,10H2,1H3. The Kier molecular flexibility index (Phi) is 2.10. The minimum atomic E-state index is 0.380. The van der Waals surface area contributed by atoms with E-state index in [0.717, 1.165) is 6.61 Å². The molecule has 1 aliphatic heterocycles. The molecular formula is C9H17NO2. The van der Waals surface area contributed by atoms with Crippen molar-refractivity contribution in [2.24, 2.45) is 17.2 Å². The molecule has 0 aromatic carbocycles. The summed E-state index contributed by atoms with van der Waals surface area (Å²) in [5, 5.41) is 0. The van der Waals surface area contributed by atoms with Crippen molar-refractivity contribution in [3.8, 4) is 0 Å². The highest BCUT2D eigenvalue weighted by Crippen LogP contribution is 2.56. The Morgan fingerprint density at radius 1 is 1.58 bits per heavy atom. The van der Waals surface area contributed by atoms with E-state index >= 15 is 0 Å². The van der Waals surface area contributed by atoms with Crippen LogP contribution in [0.5, 0.6) is 0 Å². The van der Waals surface area contributed by atoms with E-state index in [1.165, 1.54) is 19.3 Å². The van der Waals surface area contributed by atoms with Gasteiger partial charge < -0.3 is 9.57 Å². The zero-order valence-electron chi connectivity index (χ0n) is 7.58. The highest BCUT2D eigenvalue weighted by atomic mass is 16.6. The SMILES string of the molecule is CC1OCCC1C1(CON)CC1. The number of rotatable bonds is 3. The van der Waals surface area contributed by atoms with Crippen molar-refractivity contribution < 1.29 is 9.57 Å². The first-order valence-electron chi connectivity index (χ1n) is 4.72. The molecule has 2 rings (SSSR count). The molecule has 3 nitrogen and oxygen atoms in total. The quantitative estimate of drug-likeness (QED) is 0.646. The first-order chi connectivity index (χ1) is 5.78. The van der Waals surface area contributed by atoms with Crippen LogP contribution in [-0.2, 0) is 9.57 Å². The number of hydrogen-bond donors (Lipinski definition) is 1. The predicted molar refractivity (Wildman–Crippen MR) is 45.3 cm³/mol. The van der Waals surface area contributed by atoms with E-state index < -0.39 is 0 Å². The first-order valence-corrected chi connectivity index (χ1v) is 4.72. The molecule has 12 heavy (non-hydrogen) atoms. The van der Waals surface area contributed by atoms with Gasteiger partial charge in [0.25, 0.3) is 0 Å². The van der Waals surface area contributed by atoms with Gasteiger partial charge in [-0.2, -0.15) is 0 Å². The molecule has 2 atom stereocenters. The Bertz CT molecular complexity index is 168. The lowest BCUT2D eigenvalue weighted by Crippen LogP contribution is -2.28. The topological polar surface area (TPSA) is 44.5 Å². The molecule has 1 saturated carbocycles. The molecule has 3 heteroatoms. The second-order valence-corrected chi connectivity index (χ2v) is 4.14. The monoisotopic (exact) mass is 171 g/mol. The zero-order valence-corrected chi connectivity index (χ0v) is 7.58. The molecule has 0 aromatic heterocycles. The largest absolute Gasteiger partial charge is 0.378 e. The van der Waals surface area contributed by atoms with Crippen molar-refractivity contribution in [3.63, 3.8) is 0 Å². The fourth-order valence-corrected chi connectivity index (χ4v) is 2.48. The van der Waals surface area contributed by atoms with Gasteiger partial charge in [-0.05, 0) is 32.1 Å². The molecule has 1 saturated heterocycles. The summed E-state index contributed by atoms with van der Waals surface area (Å²) in [5.41, 5.74) is 0.380. The molecule has 0 amide bonds. The Hall–Kier alpha value is -0.120. The molecule has 0 radical (unpaired) electrons. The normalized spacial score (nSPS) is 38.5. The minimum Gasteiger partial charge on any atom is -0.378 e. The third kappa shape index (κ3) is 1.26. The number of hydrogen-bond acceptors (Lipinski definition) is 3. The summed E-state index contributed by atoms with van der Waals surface area (Å²) in [4.78, 5) is 4.77. The highest BCUT2D eigenvalue weighted by Gasteiger charge is 2.52. The fourth-order valence-electron chi connectivity index (χ4n) is 2.48. The van der Waals surface area contributed by atoms with Gasteiger partial charge in [0.2, 0.25) is 0 Å². The van der Waals surface area contributed by atoms with E-state index in [0.29, 0.717) is 24.0 Å². The van der Waals surface area contributed by atoms with Crippen LogP contribution >= 0.6 is 0 Å². The van der Waals surface area contributed by atoms with Crippen LogP contribution in [0.2, 0.25) is 0 Å². The Balaban J connectivity index is 1.98. The van der Waals surface area contributed by atoms with Gasteiger partial charge in [0.15, 0.2) is 0 Å². The van der Waals surface area contributed by atoms with Gasteiger partial charge in [-0.3, -0.25) is 0 Å². The summed E-state index contributed by atoms with van der Waals surface area (Å²) in [6.45, 7) is 3.79. The maximum Gasteiger partial charge on any atom is 0.0739 e. The van der Waals surface area contributed by atoms with Crippen LogP contribution < -0.4 is 5.90 Å². The Morgan fingerprint density at radius 3 is 2.75 bits per heavy atom. The van der Waals surface area contributed by atoms with Gasteiger partial charge in [0.1, 0.15) is 0 Å². The number of ether oxygens (including phenoxy) is 1. The van der Waals surface area contributed by atoms with E-state index in [-0.39, 0.29) is 0 Å². The molecular weight excluding hydrogens is 154 g/mol. The van der Waals surface area contributed by atoms with E-state index in [1.54, 1.807) is 0 Å². The molecule has 2 fully saturated rings. The van der Waals surface area contributed by atoms with Crippen LogP contribution in [0.25, 0.3) is 0 Å². The molecule has 2 aliphatic rings. The van der Waals surface area contributed by atoms with Crippen molar-refractivity contribution in [2.75, 3.05) is 13.2 Å². The summed E-state index contributed by atoms with van der Waals surface area (Å²) >= 11 is 0. The third-order valence-electron chi connectivity index (χ3n) is 3.43. The van der Waals surface area contributed by atoms with Crippen LogP contribution in [0.1, 0.15) is 26.2 Å². The van der Waals surface area contributed by atoms with Crippen molar-refractivity contribution in [1.82, 2.24) is 0 Å². The van der Waals surface area contributed by atoms with E-state index in [9.17, 15) is 0 Å². The van der Waals surface area contributed by atoms with Crippen LogP contribution in [0, 0.1) is 11.3 Å². The summed E-state index contributed by atoms with van der Waals surface area (Å²) in [6, 6.07) is 0. The van der Waals surface area contributed by atoms with Crippen molar-refractivity contribution in [2.45, 2.75) is 32.3 Å². The average Bonchev–Trinajstić information content (AvgIpc) is 2.68. The summed E-state index contributed by atoms with van der Waals surface area (Å²) in [5.74, 6) is 5.81. The lowest BCUT2D eigenvalue weighted by Gasteiger charge is -2.23. The smallest absolute Gasteiger partial charge is 0.0739 e. The summed E-state index contributed by atoms with van der Waals surface area (Å²) in [6.07, 6.45) is 4.12. The Labute approximate surface area is 73.2 Å². The van der Waals surface area contributed by atoms with Crippen LogP contribution in [0.4, 0.5) is 0 Å². The zero-order chi connectivity index (χ0) is 8.60. The summed E-state index contributed by atoms with van der Waals surface area (Å²) < 4.78 is 5.54. The maximum atomic E-state index is 5.54. The van der Waals surface area contributed by atoms with Gasteiger partial charge >= 0.3 is 0 Å². The van der Waals surface area contributed by atoms with Crippen molar-refractivity contribution >= 4 is 0 Å². The van der Waals surface area contributed by atoms with Gasteiger partial charge in [0.05, 0.1) is 12.7 Å². The van der Waals surface area contributed by atoms with E-state index in [2.05, 4.69) is 6.92 Å². The summed E-state index contributed by atoms with van der Waals surface area (Å²) in [7, 11) is 0. The lowest BCUT2D eigenvalue weighted by molar-refractivity contribution is 0.0324.